The van der Waals surface area contributed by atoms with Crippen molar-refractivity contribution in [2.24, 2.45) is 0 Å². The van der Waals surface area contributed by atoms with Gasteiger partial charge in [0.15, 0.2) is 6.29 Å². The second kappa shape index (κ2) is 11.4. The molecule has 0 bridgehead atoms. The molecule has 2 rings (SSSR count). The van der Waals surface area contributed by atoms with Gasteiger partial charge >= 0.3 is 5.97 Å². The van der Waals surface area contributed by atoms with E-state index in [0.717, 1.165) is 0 Å². The number of hydrogen-bond donors (Lipinski definition) is 5. The number of phenols is 1. The van der Waals surface area contributed by atoms with Crippen LogP contribution in [-0.4, -0.2) is 82.0 Å². The van der Waals surface area contributed by atoms with Gasteiger partial charge in [-0.1, -0.05) is 12.1 Å². The second-order valence-corrected chi connectivity index (χ2v) is 6.40. The van der Waals surface area contributed by atoms with E-state index >= 15 is 0 Å². The van der Waals surface area contributed by atoms with Crippen LogP contribution in [0.3, 0.4) is 0 Å². The zero-order valence-corrected chi connectivity index (χ0v) is 15.9. The molecule has 0 saturated carbocycles. The molecule has 1 aromatic carbocycles. The van der Waals surface area contributed by atoms with E-state index in [2.05, 4.69) is 0 Å². The van der Waals surface area contributed by atoms with Crippen LogP contribution in [0.15, 0.2) is 42.0 Å². The van der Waals surface area contributed by atoms with E-state index < -0.39 is 43.3 Å². The Morgan fingerprint density at radius 2 is 1.87 bits per heavy atom. The van der Waals surface area contributed by atoms with Crippen molar-refractivity contribution in [3.05, 3.63) is 47.6 Å². The molecule has 0 amide bonds. The van der Waals surface area contributed by atoms with Gasteiger partial charge in [0, 0.05) is 6.08 Å². The van der Waals surface area contributed by atoms with Crippen molar-refractivity contribution in [3.63, 3.8) is 0 Å². The fraction of sp³-hybridized carbons (Fsp3) is 0.400. The summed E-state index contributed by atoms with van der Waals surface area (Å²) in [7, 11) is 0. The van der Waals surface area contributed by atoms with Crippen molar-refractivity contribution in [2.75, 3.05) is 19.8 Å². The summed E-state index contributed by atoms with van der Waals surface area (Å²) in [4.78, 5) is 11.7. The Labute approximate surface area is 172 Å². The number of carbonyl (C=O) groups excluding carboxylic acids is 1. The lowest BCUT2D eigenvalue weighted by Crippen LogP contribution is -2.59. The van der Waals surface area contributed by atoms with Crippen LogP contribution in [0, 0.1) is 11.3 Å². The number of nitriles is 1. The van der Waals surface area contributed by atoms with Crippen LogP contribution in [0.25, 0.3) is 6.08 Å². The van der Waals surface area contributed by atoms with Gasteiger partial charge in [-0.05, 0) is 29.8 Å². The number of rotatable bonds is 8. The Hall–Kier alpha value is -2.78. The van der Waals surface area contributed by atoms with Crippen molar-refractivity contribution in [1.82, 2.24) is 0 Å². The SMILES string of the molecule is N#C/C(=C/CO[C@@H]1O[C@H](CO)[C@@H](O)[C@H](O)[C@H]1O)COC(=O)/C=C\c1ccc(O)cc1. The van der Waals surface area contributed by atoms with Gasteiger partial charge in [0.25, 0.3) is 0 Å². The Bertz CT molecular complexity index is 797. The molecule has 0 unspecified atom stereocenters. The molecule has 10 nitrogen and oxygen atoms in total. The third-order valence-electron chi connectivity index (χ3n) is 4.26. The molecule has 162 valence electrons. The fourth-order valence-electron chi connectivity index (χ4n) is 2.53. The van der Waals surface area contributed by atoms with Crippen molar-refractivity contribution >= 4 is 12.0 Å². The van der Waals surface area contributed by atoms with E-state index in [9.17, 15) is 25.2 Å². The predicted molar refractivity (Wildman–Crippen MR) is 102 cm³/mol. The minimum Gasteiger partial charge on any atom is -0.508 e. The van der Waals surface area contributed by atoms with E-state index in [4.69, 9.17) is 24.6 Å². The Balaban J connectivity index is 1.82. The largest absolute Gasteiger partial charge is 0.508 e. The Morgan fingerprint density at radius 3 is 2.50 bits per heavy atom. The number of aliphatic hydroxyl groups is 4. The molecule has 1 aliphatic rings. The molecule has 0 aliphatic carbocycles. The third-order valence-corrected chi connectivity index (χ3v) is 4.26. The molecule has 1 heterocycles. The number of ether oxygens (including phenoxy) is 3. The summed E-state index contributed by atoms with van der Waals surface area (Å²) >= 11 is 0. The number of aromatic hydroxyl groups is 1. The second-order valence-electron chi connectivity index (χ2n) is 6.40. The van der Waals surface area contributed by atoms with Crippen molar-refractivity contribution < 1.29 is 44.5 Å². The van der Waals surface area contributed by atoms with Gasteiger partial charge in [0.2, 0.25) is 0 Å². The summed E-state index contributed by atoms with van der Waals surface area (Å²) in [6, 6.07) is 7.99. The molecular formula is C20H23NO9. The molecule has 0 spiro atoms. The quantitative estimate of drug-likeness (QED) is 0.204. The van der Waals surface area contributed by atoms with Crippen molar-refractivity contribution in [2.45, 2.75) is 30.7 Å². The zero-order chi connectivity index (χ0) is 22.1. The number of hydrogen-bond acceptors (Lipinski definition) is 10. The van der Waals surface area contributed by atoms with Gasteiger partial charge in [-0.25, -0.2) is 4.79 Å². The average molecular weight is 421 g/mol. The first-order valence-corrected chi connectivity index (χ1v) is 9.00. The zero-order valence-electron chi connectivity index (χ0n) is 15.9. The van der Waals surface area contributed by atoms with Crippen molar-refractivity contribution in [1.29, 1.82) is 5.26 Å². The maximum Gasteiger partial charge on any atom is 0.331 e. The average Bonchev–Trinajstić information content (AvgIpc) is 2.75. The lowest BCUT2D eigenvalue weighted by molar-refractivity contribution is -0.298. The van der Waals surface area contributed by atoms with Crippen LogP contribution in [0.4, 0.5) is 0 Å². The van der Waals surface area contributed by atoms with Gasteiger partial charge in [0.1, 0.15) is 36.8 Å². The smallest absolute Gasteiger partial charge is 0.331 e. The van der Waals surface area contributed by atoms with E-state index in [-0.39, 0.29) is 24.5 Å². The summed E-state index contributed by atoms with van der Waals surface area (Å²) in [6.45, 7) is -1.11. The summed E-state index contributed by atoms with van der Waals surface area (Å²) in [5.41, 5.74) is 0.750. The highest BCUT2D eigenvalue weighted by Gasteiger charge is 2.43. The molecule has 1 fully saturated rings. The number of phenolic OH excluding ortho intramolecular Hbond substituents is 1. The minimum atomic E-state index is -1.57. The first-order valence-electron chi connectivity index (χ1n) is 9.00. The summed E-state index contributed by atoms with van der Waals surface area (Å²) in [6.07, 6.45) is -3.08. The molecule has 0 aromatic heterocycles. The maximum absolute atomic E-state index is 11.7. The Kier molecular flexibility index (Phi) is 8.94. The molecule has 30 heavy (non-hydrogen) atoms. The maximum atomic E-state index is 11.7. The van der Waals surface area contributed by atoms with Gasteiger partial charge in [-0.2, -0.15) is 5.26 Å². The van der Waals surface area contributed by atoms with Gasteiger partial charge in [-0.15, -0.1) is 0 Å². The number of benzene rings is 1. The standard InChI is InChI=1S/C20H23NO9/c21-9-13(11-29-16(24)6-3-12-1-4-14(23)5-2-12)7-8-28-20-19(27)18(26)17(25)15(10-22)30-20/h1-7,15,17-20,22-23,25-27H,8,10-11H2/b6-3-,13-7-/t15-,17-,18+,19-,20-/m1/s1. The number of esters is 1. The first-order chi connectivity index (χ1) is 14.3. The van der Waals surface area contributed by atoms with Crippen LogP contribution >= 0.6 is 0 Å². The molecule has 1 saturated heterocycles. The molecule has 0 radical (unpaired) electrons. The predicted octanol–water partition coefficient (Wildman–Crippen LogP) is -0.785. The highest BCUT2D eigenvalue weighted by molar-refractivity contribution is 5.87. The fourth-order valence-corrected chi connectivity index (χ4v) is 2.53. The van der Waals surface area contributed by atoms with Crippen LogP contribution < -0.4 is 0 Å². The van der Waals surface area contributed by atoms with Gasteiger partial charge in [-0.3, -0.25) is 0 Å². The Morgan fingerprint density at radius 1 is 1.17 bits per heavy atom. The van der Waals surface area contributed by atoms with Crippen LogP contribution in [-0.2, 0) is 19.0 Å². The first kappa shape index (κ1) is 23.5. The molecule has 5 atom stereocenters. The lowest BCUT2D eigenvalue weighted by Gasteiger charge is -2.39. The highest BCUT2D eigenvalue weighted by atomic mass is 16.7. The van der Waals surface area contributed by atoms with E-state index in [1.807, 2.05) is 6.07 Å². The van der Waals surface area contributed by atoms with Crippen molar-refractivity contribution in [3.8, 4) is 11.8 Å². The van der Waals surface area contributed by atoms with E-state index in [0.29, 0.717) is 5.56 Å². The highest BCUT2D eigenvalue weighted by Crippen LogP contribution is 2.22. The van der Waals surface area contributed by atoms with Crippen LogP contribution in [0.2, 0.25) is 0 Å². The molecule has 5 N–H and O–H groups in total. The molecule has 1 aliphatic heterocycles. The monoisotopic (exact) mass is 421 g/mol. The number of aliphatic hydroxyl groups excluding tert-OH is 4. The molecule has 1 aromatic rings. The summed E-state index contributed by atoms with van der Waals surface area (Å²) < 4.78 is 15.4. The summed E-state index contributed by atoms with van der Waals surface area (Å²) in [5.74, 6) is -0.580. The van der Waals surface area contributed by atoms with E-state index in [1.165, 1.54) is 30.4 Å². The number of carbonyl (C=O) groups is 1. The molecular weight excluding hydrogens is 398 g/mol. The van der Waals surface area contributed by atoms with Crippen LogP contribution in [0.5, 0.6) is 5.75 Å². The minimum absolute atomic E-state index is 0.0750. The number of nitrogens with zero attached hydrogens (tertiary/aromatic N) is 1. The van der Waals surface area contributed by atoms with Crippen LogP contribution in [0.1, 0.15) is 5.56 Å². The normalized spacial score (nSPS) is 27.0. The van der Waals surface area contributed by atoms with E-state index in [1.54, 1.807) is 12.1 Å². The van der Waals surface area contributed by atoms with Gasteiger partial charge in [0.05, 0.1) is 24.9 Å². The van der Waals surface area contributed by atoms with Gasteiger partial charge < -0.3 is 39.7 Å². The lowest BCUT2D eigenvalue weighted by atomic mass is 9.99. The third kappa shape index (κ3) is 6.64. The molecule has 10 heteroatoms. The topological polar surface area (TPSA) is 170 Å². The summed E-state index contributed by atoms with van der Waals surface area (Å²) in [5, 5.41) is 56.7.